The smallest absolute Gasteiger partial charge is 0.251 e. The minimum atomic E-state index is -0.396. The quantitative estimate of drug-likeness (QED) is 0.871. The summed E-state index contributed by atoms with van der Waals surface area (Å²) in [6, 6.07) is 6.29. The van der Waals surface area contributed by atoms with E-state index in [-0.39, 0.29) is 30.5 Å². The molecular formula is C16H24ClFN2O2. The van der Waals surface area contributed by atoms with Gasteiger partial charge in [-0.1, -0.05) is 0 Å². The van der Waals surface area contributed by atoms with Crippen molar-refractivity contribution in [2.75, 3.05) is 6.61 Å². The molecular weight excluding hydrogens is 307 g/mol. The Kier molecular flexibility index (Phi) is 8.12. The Balaban J connectivity index is 0.00000441. The lowest BCUT2D eigenvalue weighted by atomic mass is 10.1. The van der Waals surface area contributed by atoms with E-state index in [2.05, 4.69) is 5.32 Å². The van der Waals surface area contributed by atoms with Crippen molar-refractivity contribution < 1.29 is 13.9 Å². The van der Waals surface area contributed by atoms with Gasteiger partial charge < -0.3 is 15.8 Å². The highest BCUT2D eigenvalue weighted by Gasteiger charge is 2.15. The van der Waals surface area contributed by atoms with Crippen molar-refractivity contribution in [3.8, 4) is 5.75 Å². The third kappa shape index (κ3) is 6.91. The molecule has 1 aromatic rings. The normalized spacial score (nSPS) is 13.1. The third-order valence-corrected chi connectivity index (χ3v) is 2.74. The second-order valence-electron chi connectivity index (χ2n) is 5.99. The number of ether oxygens (including phenoxy) is 1. The molecule has 4 nitrogen and oxygen atoms in total. The van der Waals surface area contributed by atoms with Crippen LogP contribution in [0.2, 0.25) is 0 Å². The topological polar surface area (TPSA) is 64.3 Å². The first-order valence-electron chi connectivity index (χ1n) is 6.83. The zero-order chi connectivity index (χ0) is 16.0. The van der Waals surface area contributed by atoms with Gasteiger partial charge in [0.1, 0.15) is 12.4 Å². The average molecular weight is 331 g/mol. The SMILES string of the molecule is C[C@@H](N)/C(=C/F)COc1ccc(C(=O)NC(C)(C)C)cc1.Cl. The van der Waals surface area contributed by atoms with Gasteiger partial charge in [-0.2, -0.15) is 0 Å². The number of hydrogen-bond acceptors (Lipinski definition) is 3. The van der Waals surface area contributed by atoms with Crippen molar-refractivity contribution in [1.29, 1.82) is 0 Å². The first-order valence-corrected chi connectivity index (χ1v) is 6.83. The molecule has 0 spiro atoms. The van der Waals surface area contributed by atoms with Crippen molar-refractivity contribution in [2.45, 2.75) is 39.3 Å². The maximum absolute atomic E-state index is 12.6. The van der Waals surface area contributed by atoms with Crippen LogP contribution in [0, 0.1) is 0 Å². The molecule has 22 heavy (non-hydrogen) atoms. The second kappa shape index (κ2) is 8.76. The Morgan fingerprint density at radius 1 is 1.36 bits per heavy atom. The zero-order valence-corrected chi connectivity index (χ0v) is 14.2. The van der Waals surface area contributed by atoms with Gasteiger partial charge in [-0.3, -0.25) is 4.79 Å². The van der Waals surface area contributed by atoms with Crippen molar-refractivity contribution >= 4 is 18.3 Å². The molecule has 0 aromatic heterocycles. The molecule has 6 heteroatoms. The van der Waals surface area contributed by atoms with E-state index < -0.39 is 6.04 Å². The largest absolute Gasteiger partial charge is 0.489 e. The van der Waals surface area contributed by atoms with Crippen molar-refractivity contribution in [3.63, 3.8) is 0 Å². The van der Waals surface area contributed by atoms with E-state index in [1.807, 2.05) is 20.8 Å². The highest BCUT2D eigenvalue weighted by atomic mass is 35.5. The fourth-order valence-electron chi connectivity index (χ4n) is 1.54. The standard InChI is InChI=1S/C16H23FN2O2.ClH/c1-11(18)13(9-17)10-21-14-7-5-12(6-8-14)15(20)19-16(2,3)4;/h5-9,11H,10,18H2,1-4H3,(H,19,20);1H/b13-9+;/t11-;/m1./s1. The van der Waals surface area contributed by atoms with Gasteiger partial charge in [0.2, 0.25) is 0 Å². The van der Waals surface area contributed by atoms with Gasteiger partial charge in [0.15, 0.2) is 0 Å². The highest BCUT2D eigenvalue weighted by Crippen LogP contribution is 2.14. The number of nitrogens with one attached hydrogen (secondary N) is 1. The van der Waals surface area contributed by atoms with Crippen LogP contribution in [0.15, 0.2) is 36.2 Å². The van der Waals surface area contributed by atoms with Crippen LogP contribution in [0.5, 0.6) is 5.75 Å². The van der Waals surface area contributed by atoms with Gasteiger partial charge in [0.25, 0.3) is 5.91 Å². The van der Waals surface area contributed by atoms with E-state index in [0.717, 1.165) is 0 Å². The maximum Gasteiger partial charge on any atom is 0.251 e. The van der Waals surface area contributed by atoms with Crippen LogP contribution in [0.4, 0.5) is 4.39 Å². The van der Waals surface area contributed by atoms with Gasteiger partial charge in [-0.15, -0.1) is 12.4 Å². The highest BCUT2D eigenvalue weighted by molar-refractivity contribution is 5.94. The predicted octanol–water partition coefficient (Wildman–Crippen LogP) is 3.22. The number of carbonyl (C=O) groups is 1. The number of benzene rings is 1. The predicted molar refractivity (Wildman–Crippen MR) is 89.2 cm³/mol. The molecule has 0 unspecified atom stereocenters. The van der Waals surface area contributed by atoms with Crippen LogP contribution in [-0.2, 0) is 0 Å². The number of hydrogen-bond donors (Lipinski definition) is 2. The molecule has 0 saturated heterocycles. The summed E-state index contributed by atoms with van der Waals surface area (Å²) < 4.78 is 18.0. The van der Waals surface area contributed by atoms with Gasteiger partial charge in [0.05, 0.1) is 6.33 Å². The molecule has 1 aromatic carbocycles. The van der Waals surface area contributed by atoms with Gasteiger partial charge in [-0.25, -0.2) is 4.39 Å². The Bertz CT molecular complexity index is 508. The Morgan fingerprint density at radius 3 is 2.32 bits per heavy atom. The fourth-order valence-corrected chi connectivity index (χ4v) is 1.54. The summed E-state index contributed by atoms with van der Waals surface area (Å²) >= 11 is 0. The van der Waals surface area contributed by atoms with Crippen molar-refractivity contribution in [2.24, 2.45) is 5.73 Å². The molecule has 0 bridgehead atoms. The third-order valence-electron chi connectivity index (χ3n) is 2.74. The lowest BCUT2D eigenvalue weighted by Crippen LogP contribution is -2.40. The number of amides is 1. The van der Waals surface area contributed by atoms with Crippen LogP contribution in [0.1, 0.15) is 38.1 Å². The minimum Gasteiger partial charge on any atom is -0.489 e. The average Bonchev–Trinajstić information content (AvgIpc) is 2.37. The van der Waals surface area contributed by atoms with Gasteiger partial charge >= 0.3 is 0 Å². The summed E-state index contributed by atoms with van der Waals surface area (Å²) in [6.07, 6.45) is 0.468. The molecule has 0 fully saturated rings. The molecule has 124 valence electrons. The van der Waals surface area contributed by atoms with Crippen molar-refractivity contribution in [1.82, 2.24) is 5.32 Å². The monoisotopic (exact) mass is 330 g/mol. The maximum atomic E-state index is 12.6. The van der Waals surface area contributed by atoms with Crippen molar-refractivity contribution in [3.05, 3.63) is 41.7 Å². The Morgan fingerprint density at radius 2 is 1.91 bits per heavy atom. The van der Waals surface area contributed by atoms with Gasteiger partial charge in [-0.05, 0) is 52.0 Å². The molecule has 0 heterocycles. The Labute approximate surface area is 137 Å². The van der Waals surface area contributed by atoms with E-state index in [0.29, 0.717) is 23.2 Å². The number of rotatable bonds is 5. The molecule has 3 N–H and O–H groups in total. The summed E-state index contributed by atoms with van der Waals surface area (Å²) in [4.78, 5) is 11.9. The molecule has 0 aliphatic heterocycles. The molecule has 0 radical (unpaired) electrons. The van der Waals surface area contributed by atoms with Gasteiger partial charge in [0, 0.05) is 22.7 Å². The minimum absolute atomic E-state index is 0. The van der Waals surface area contributed by atoms with E-state index in [9.17, 15) is 9.18 Å². The number of nitrogens with two attached hydrogens (primary N) is 1. The Hall–Kier alpha value is -1.59. The lowest BCUT2D eigenvalue weighted by molar-refractivity contribution is 0.0919. The summed E-state index contributed by atoms with van der Waals surface area (Å²) in [5, 5.41) is 2.87. The van der Waals surface area contributed by atoms with Crippen LogP contribution in [0.25, 0.3) is 0 Å². The fraction of sp³-hybridized carbons (Fsp3) is 0.438. The molecule has 1 amide bonds. The molecule has 0 saturated carbocycles. The van der Waals surface area contributed by atoms with Crippen LogP contribution < -0.4 is 15.8 Å². The molecule has 0 aliphatic rings. The first kappa shape index (κ1) is 20.4. The summed E-state index contributed by atoms with van der Waals surface area (Å²) in [7, 11) is 0. The van der Waals surface area contributed by atoms with E-state index >= 15 is 0 Å². The van der Waals surface area contributed by atoms with E-state index in [1.54, 1.807) is 31.2 Å². The zero-order valence-electron chi connectivity index (χ0n) is 13.4. The second-order valence-corrected chi connectivity index (χ2v) is 5.99. The molecule has 1 atom stereocenters. The summed E-state index contributed by atoms with van der Waals surface area (Å²) in [5.41, 5.74) is 6.23. The number of halogens is 2. The first-order chi connectivity index (χ1) is 9.73. The number of carbonyl (C=O) groups excluding carboxylic acids is 1. The summed E-state index contributed by atoms with van der Waals surface area (Å²) in [5.74, 6) is 0.413. The van der Waals surface area contributed by atoms with Crippen LogP contribution in [-0.4, -0.2) is 24.1 Å². The van der Waals surface area contributed by atoms with Crippen LogP contribution in [0.3, 0.4) is 0 Å². The molecule has 1 rings (SSSR count). The summed E-state index contributed by atoms with van der Waals surface area (Å²) in [6.45, 7) is 7.53. The lowest BCUT2D eigenvalue weighted by Gasteiger charge is -2.20. The van der Waals surface area contributed by atoms with E-state index in [4.69, 9.17) is 10.5 Å². The molecule has 0 aliphatic carbocycles. The van der Waals surface area contributed by atoms with Crippen LogP contribution >= 0.6 is 12.4 Å². The van der Waals surface area contributed by atoms with E-state index in [1.165, 1.54) is 0 Å².